The summed E-state index contributed by atoms with van der Waals surface area (Å²) < 4.78 is 5.88. The molecule has 3 rings (SSSR count). The van der Waals surface area contributed by atoms with Crippen LogP contribution >= 0.6 is 0 Å². The molecule has 0 fully saturated rings. The van der Waals surface area contributed by atoms with E-state index in [4.69, 9.17) is 10.5 Å². The lowest BCUT2D eigenvalue weighted by atomic mass is 9.97. The Bertz CT molecular complexity index is 625. The Labute approximate surface area is 119 Å². The number of ether oxygens (including phenoxy) is 1. The van der Waals surface area contributed by atoms with Crippen molar-refractivity contribution in [2.75, 3.05) is 12.3 Å². The van der Waals surface area contributed by atoms with Crippen LogP contribution < -0.4 is 10.5 Å². The maximum absolute atomic E-state index is 6.03. The Morgan fingerprint density at radius 1 is 1.30 bits per heavy atom. The molecule has 0 saturated carbocycles. The second-order valence-electron chi connectivity index (χ2n) is 5.08. The van der Waals surface area contributed by atoms with Crippen LogP contribution in [0, 0.1) is 0 Å². The van der Waals surface area contributed by atoms with E-state index in [9.17, 15) is 0 Å². The first-order valence-electron chi connectivity index (χ1n) is 7.15. The summed E-state index contributed by atoms with van der Waals surface area (Å²) in [6.07, 6.45) is 5.56. The molecule has 0 radical (unpaired) electrons. The molecular formula is C16H19N3O. The Morgan fingerprint density at radius 2 is 2.20 bits per heavy atom. The van der Waals surface area contributed by atoms with Gasteiger partial charge in [-0.2, -0.15) is 0 Å². The van der Waals surface area contributed by atoms with E-state index in [1.807, 2.05) is 0 Å². The third-order valence-electron chi connectivity index (χ3n) is 3.67. The Balaban J connectivity index is 2.16. The van der Waals surface area contributed by atoms with E-state index in [-0.39, 0.29) is 0 Å². The van der Waals surface area contributed by atoms with E-state index in [1.165, 1.54) is 11.9 Å². The first-order chi connectivity index (χ1) is 9.81. The standard InChI is InChI=1S/C16H19N3O/c1-2-5-13-14(18-10-19-16(13)17)12-8-3-6-11-7-4-9-20-15(11)12/h3,6,8,10H,2,4-5,7,9H2,1H3,(H2,17,18,19). The summed E-state index contributed by atoms with van der Waals surface area (Å²) >= 11 is 0. The lowest BCUT2D eigenvalue weighted by Crippen LogP contribution is -2.10. The van der Waals surface area contributed by atoms with E-state index in [1.54, 1.807) is 0 Å². The largest absolute Gasteiger partial charge is 0.493 e. The number of fused-ring (bicyclic) bond motifs is 1. The summed E-state index contributed by atoms with van der Waals surface area (Å²) in [5, 5.41) is 0. The first-order valence-corrected chi connectivity index (χ1v) is 7.15. The fraction of sp³-hybridized carbons (Fsp3) is 0.375. The summed E-state index contributed by atoms with van der Waals surface area (Å²) in [6.45, 7) is 2.90. The smallest absolute Gasteiger partial charge is 0.131 e. The van der Waals surface area contributed by atoms with Crippen LogP contribution in [0.3, 0.4) is 0 Å². The number of para-hydroxylation sites is 1. The highest BCUT2D eigenvalue weighted by Crippen LogP contribution is 2.37. The Kier molecular flexibility index (Phi) is 3.54. The second-order valence-corrected chi connectivity index (χ2v) is 5.08. The van der Waals surface area contributed by atoms with Crippen LogP contribution in [0.1, 0.15) is 30.9 Å². The van der Waals surface area contributed by atoms with Gasteiger partial charge in [-0.15, -0.1) is 0 Å². The minimum atomic E-state index is 0.574. The predicted octanol–water partition coefficient (Wildman–Crippen LogP) is 3.00. The van der Waals surface area contributed by atoms with Gasteiger partial charge in [0, 0.05) is 11.1 Å². The highest BCUT2D eigenvalue weighted by atomic mass is 16.5. The van der Waals surface area contributed by atoms with E-state index < -0.39 is 0 Å². The van der Waals surface area contributed by atoms with Crippen molar-refractivity contribution in [1.82, 2.24) is 9.97 Å². The first kappa shape index (κ1) is 12.9. The van der Waals surface area contributed by atoms with Crippen molar-refractivity contribution >= 4 is 5.82 Å². The van der Waals surface area contributed by atoms with Crippen molar-refractivity contribution in [3.8, 4) is 17.0 Å². The number of nitrogens with zero attached hydrogens (tertiary/aromatic N) is 2. The normalized spacial score (nSPS) is 13.7. The number of hydrogen-bond acceptors (Lipinski definition) is 4. The lowest BCUT2D eigenvalue weighted by molar-refractivity contribution is 0.289. The minimum Gasteiger partial charge on any atom is -0.493 e. The van der Waals surface area contributed by atoms with Crippen molar-refractivity contribution in [1.29, 1.82) is 0 Å². The zero-order chi connectivity index (χ0) is 13.9. The third kappa shape index (κ3) is 2.22. The molecule has 0 amide bonds. The van der Waals surface area contributed by atoms with Crippen LogP contribution in [-0.4, -0.2) is 16.6 Å². The van der Waals surface area contributed by atoms with Gasteiger partial charge in [-0.3, -0.25) is 0 Å². The maximum Gasteiger partial charge on any atom is 0.131 e. The molecule has 0 spiro atoms. The number of aryl methyl sites for hydroxylation is 1. The minimum absolute atomic E-state index is 0.574. The van der Waals surface area contributed by atoms with Gasteiger partial charge in [-0.05, 0) is 30.9 Å². The van der Waals surface area contributed by atoms with Gasteiger partial charge in [0.25, 0.3) is 0 Å². The average Bonchev–Trinajstić information content (AvgIpc) is 2.49. The SMILES string of the molecule is CCCc1c(N)ncnc1-c1cccc2c1OCCC2. The average molecular weight is 269 g/mol. The van der Waals surface area contributed by atoms with E-state index in [0.717, 1.165) is 54.9 Å². The van der Waals surface area contributed by atoms with Crippen LogP contribution in [-0.2, 0) is 12.8 Å². The van der Waals surface area contributed by atoms with Crippen molar-refractivity contribution in [2.45, 2.75) is 32.6 Å². The van der Waals surface area contributed by atoms with Crippen LogP contribution in [0.4, 0.5) is 5.82 Å². The molecule has 0 atom stereocenters. The fourth-order valence-electron chi connectivity index (χ4n) is 2.73. The quantitative estimate of drug-likeness (QED) is 0.930. The molecule has 104 valence electrons. The molecule has 1 aliphatic rings. The topological polar surface area (TPSA) is 61.0 Å². The molecule has 1 aromatic heterocycles. The van der Waals surface area contributed by atoms with Crippen LogP contribution in [0.2, 0.25) is 0 Å². The maximum atomic E-state index is 6.03. The number of nitrogen functional groups attached to an aromatic ring is 1. The van der Waals surface area contributed by atoms with Crippen molar-refractivity contribution in [3.63, 3.8) is 0 Å². The van der Waals surface area contributed by atoms with Crippen molar-refractivity contribution in [2.24, 2.45) is 0 Å². The van der Waals surface area contributed by atoms with Gasteiger partial charge in [-0.1, -0.05) is 25.5 Å². The van der Waals surface area contributed by atoms with Gasteiger partial charge in [0.1, 0.15) is 17.9 Å². The Morgan fingerprint density at radius 3 is 3.05 bits per heavy atom. The zero-order valence-corrected chi connectivity index (χ0v) is 11.7. The van der Waals surface area contributed by atoms with Crippen molar-refractivity contribution in [3.05, 3.63) is 35.7 Å². The summed E-state index contributed by atoms with van der Waals surface area (Å²) in [4.78, 5) is 8.59. The number of benzene rings is 1. The molecule has 2 aromatic rings. The number of aromatic nitrogens is 2. The van der Waals surface area contributed by atoms with Gasteiger partial charge in [0.05, 0.1) is 12.3 Å². The number of rotatable bonds is 3. The van der Waals surface area contributed by atoms with Gasteiger partial charge < -0.3 is 10.5 Å². The molecule has 20 heavy (non-hydrogen) atoms. The van der Waals surface area contributed by atoms with Crippen LogP contribution in [0.25, 0.3) is 11.3 Å². The second kappa shape index (κ2) is 5.49. The molecule has 1 aliphatic heterocycles. The van der Waals surface area contributed by atoms with Gasteiger partial charge >= 0.3 is 0 Å². The zero-order valence-electron chi connectivity index (χ0n) is 11.7. The molecule has 0 aliphatic carbocycles. The number of anilines is 1. The lowest BCUT2D eigenvalue weighted by Gasteiger charge is -2.21. The molecule has 2 heterocycles. The molecule has 1 aromatic carbocycles. The molecule has 0 saturated heterocycles. The molecule has 0 unspecified atom stereocenters. The summed E-state index contributed by atoms with van der Waals surface area (Å²) in [5.74, 6) is 1.54. The summed E-state index contributed by atoms with van der Waals surface area (Å²) in [5.41, 5.74) is 10.3. The number of hydrogen-bond donors (Lipinski definition) is 1. The molecule has 4 heteroatoms. The predicted molar refractivity (Wildman–Crippen MR) is 79.7 cm³/mol. The highest BCUT2D eigenvalue weighted by Gasteiger charge is 2.19. The van der Waals surface area contributed by atoms with Crippen molar-refractivity contribution < 1.29 is 4.74 Å². The van der Waals surface area contributed by atoms with Gasteiger partial charge in [0.15, 0.2) is 0 Å². The van der Waals surface area contributed by atoms with E-state index in [0.29, 0.717) is 5.82 Å². The number of nitrogens with two attached hydrogens (primary N) is 1. The molecular weight excluding hydrogens is 250 g/mol. The molecule has 0 bridgehead atoms. The highest BCUT2D eigenvalue weighted by molar-refractivity contribution is 5.74. The van der Waals surface area contributed by atoms with E-state index >= 15 is 0 Å². The Hall–Kier alpha value is -2.10. The summed E-state index contributed by atoms with van der Waals surface area (Å²) in [6, 6.07) is 6.25. The molecule has 2 N–H and O–H groups in total. The third-order valence-corrected chi connectivity index (χ3v) is 3.67. The monoisotopic (exact) mass is 269 g/mol. The van der Waals surface area contributed by atoms with E-state index in [2.05, 4.69) is 35.1 Å². The fourth-order valence-corrected chi connectivity index (χ4v) is 2.73. The summed E-state index contributed by atoms with van der Waals surface area (Å²) in [7, 11) is 0. The van der Waals surface area contributed by atoms with Gasteiger partial charge in [-0.25, -0.2) is 9.97 Å². The van der Waals surface area contributed by atoms with Gasteiger partial charge in [0.2, 0.25) is 0 Å². The molecule has 4 nitrogen and oxygen atoms in total. The van der Waals surface area contributed by atoms with Crippen LogP contribution in [0.5, 0.6) is 5.75 Å². The van der Waals surface area contributed by atoms with Crippen LogP contribution in [0.15, 0.2) is 24.5 Å².